The van der Waals surface area contributed by atoms with Gasteiger partial charge in [-0.25, -0.2) is 0 Å². The van der Waals surface area contributed by atoms with Gasteiger partial charge >= 0.3 is 0 Å². The fourth-order valence-corrected chi connectivity index (χ4v) is 2.54. The van der Waals surface area contributed by atoms with Gasteiger partial charge in [-0.1, -0.05) is 0 Å². The Bertz CT molecular complexity index is 359. The molecule has 0 aliphatic carbocycles. The summed E-state index contributed by atoms with van der Waals surface area (Å²) in [6, 6.07) is 0.345. The molecular formula is C12H20ClN3O. The molecule has 1 aromatic heterocycles. The maximum Gasteiger partial charge on any atom is 0.148 e. The van der Waals surface area contributed by atoms with Crippen LogP contribution in [0.15, 0.2) is 0 Å². The molecule has 0 radical (unpaired) electrons. The first-order chi connectivity index (χ1) is 8.22. The Hall–Kier alpha value is -0.610. The number of halogens is 1. The SMILES string of the molecule is CC(C)n1c(CCl)nnc1CC1CCCCO1. The quantitative estimate of drug-likeness (QED) is 0.779. The van der Waals surface area contributed by atoms with E-state index in [9.17, 15) is 0 Å². The molecule has 2 rings (SSSR count). The van der Waals surface area contributed by atoms with Gasteiger partial charge in [-0.05, 0) is 33.1 Å². The molecule has 2 heterocycles. The van der Waals surface area contributed by atoms with E-state index in [4.69, 9.17) is 16.3 Å². The minimum atomic E-state index is 0.300. The average molecular weight is 258 g/mol. The monoisotopic (exact) mass is 257 g/mol. The number of aromatic nitrogens is 3. The molecule has 0 spiro atoms. The zero-order chi connectivity index (χ0) is 12.3. The minimum absolute atomic E-state index is 0.300. The van der Waals surface area contributed by atoms with Gasteiger partial charge in [0.1, 0.15) is 11.6 Å². The normalized spacial score (nSPS) is 21.1. The van der Waals surface area contributed by atoms with Crippen molar-refractivity contribution in [2.75, 3.05) is 6.61 Å². The third-order valence-corrected chi connectivity index (χ3v) is 3.40. The second-order valence-corrected chi connectivity index (χ2v) is 5.09. The number of hydrogen-bond donors (Lipinski definition) is 0. The molecule has 1 aliphatic rings. The molecule has 1 aliphatic heterocycles. The van der Waals surface area contributed by atoms with Crippen molar-refractivity contribution >= 4 is 11.6 Å². The Morgan fingerprint density at radius 1 is 1.35 bits per heavy atom. The van der Waals surface area contributed by atoms with Crippen LogP contribution >= 0.6 is 11.6 Å². The van der Waals surface area contributed by atoms with E-state index in [-0.39, 0.29) is 0 Å². The summed E-state index contributed by atoms with van der Waals surface area (Å²) in [6.45, 7) is 5.14. The molecule has 0 amide bonds. The van der Waals surface area contributed by atoms with Crippen LogP contribution < -0.4 is 0 Å². The molecule has 0 saturated carbocycles. The van der Waals surface area contributed by atoms with Crippen molar-refractivity contribution in [2.24, 2.45) is 0 Å². The predicted molar refractivity (Wildman–Crippen MR) is 67.3 cm³/mol. The van der Waals surface area contributed by atoms with Gasteiger partial charge in [-0.3, -0.25) is 0 Å². The Kier molecular flexibility index (Phi) is 4.40. The fourth-order valence-electron chi connectivity index (χ4n) is 2.36. The smallest absolute Gasteiger partial charge is 0.148 e. The highest BCUT2D eigenvalue weighted by Gasteiger charge is 2.20. The van der Waals surface area contributed by atoms with E-state index in [0.717, 1.165) is 31.1 Å². The highest BCUT2D eigenvalue weighted by molar-refractivity contribution is 6.16. The van der Waals surface area contributed by atoms with E-state index in [1.807, 2.05) is 0 Å². The second-order valence-electron chi connectivity index (χ2n) is 4.82. The summed E-state index contributed by atoms with van der Waals surface area (Å²) < 4.78 is 7.88. The minimum Gasteiger partial charge on any atom is -0.378 e. The summed E-state index contributed by atoms with van der Waals surface area (Å²) in [5.41, 5.74) is 0. The Morgan fingerprint density at radius 3 is 2.71 bits per heavy atom. The molecule has 1 fully saturated rings. The Labute approximate surface area is 107 Å². The summed E-state index contributed by atoms with van der Waals surface area (Å²) in [4.78, 5) is 0. The number of rotatable bonds is 4. The maximum atomic E-state index is 5.88. The summed E-state index contributed by atoms with van der Waals surface area (Å²) in [7, 11) is 0. The first kappa shape index (κ1) is 12.8. The standard InChI is InChI=1S/C12H20ClN3O/c1-9(2)16-11(14-15-12(16)8-13)7-10-5-3-4-6-17-10/h9-10H,3-8H2,1-2H3. The zero-order valence-electron chi connectivity index (χ0n) is 10.5. The van der Waals surface area contributed by atoms with Crippen molar-refractivity contribution in [1.29, 1.82) is 0 Å². The lowest BCUT2D eigenvalue weighted by Crippen LogP contribution is -2.23. The van der Waals surface area contributed by atoms with E-state index in [2.05, 4.69) is 28.6 Å². The summed E-state index contributed by atoms with van der Waals surface area (Å²) in [6.07, 6.45) is 4.71. The predicted octanol–water partition coefficient (Wildman–Crippen LogP) is 2.71. The van der Waals surface area contributed by atoms with Crippen molar-refractivity contribution in [3.8, 4) is 0 Å². The fraction of sp³-hybridized carbons (Fsp3) is 0.833. The van der Waals surface area contributed by atoms with Crippen molar-refractivity contribution < 1.29 is 4.74 Å². The lowest BCUT2D eigenvalue weighted by molar-refractivity contribution is 0.0150. The molecule has 17 heavy (non-hydrogen) atoms. The largest absolute Gasteiger partial charge is 0.378 e. The van der Waals surface area contributed by atoms with E-state index in [1.165, 1.54) is 12.8 Å². The Morgan fingerprint density at radius 2 is 2.12 bits per heavy atom. The van der Waals surface area contributed by atoms with Gasteiger partial charge in [0.2, 0.25) is 0 Å². The molecule has 1 atom stereocenters. The number of nitrogens with zero attached hydrogens (tertiary/aromatic N) is 3. The van der Waals surface area contributed by atoms with Gasteiger partial charge in [0.05, 0.1) is 12.0 Å². The van der Waals surface area contributed by atoms with Crippen LogP contribution in [0.2, 0.25) is 0 Å². The van der Waals surface area contributed by atoms with Gasteiger partial charge in [-0.2, -0.15) is 0 Å². The van der Waals surface area contributed by atoms with Crippen LogP contribution in [-0.4, -0.2) is 27.5 Å². The average Bonchev–Trinajstić information content (AvgIpc) is 2.73. The highest BCUT2D eigenvalue weighted by Crippen LogP contribution is 2.19. The molecule has 0 N–H and O–H groups in total. The second kappa shape index (κ2) is 5.83. The first-order valence-electron chi connectivity index (χ1n) is 6.32. The summed E-state index contributed by atoms with van der Waals surface area (Å²) in [5.74, 6) is 2.27. The molecule has 1 unspecified atom stereocenters. The van der Waals surface area contributed by atoms with Crippen molar-refractivity contribution in [3.63, 3.8) is 0 Å². The summed E-state index contributed by atoms with van der Waals surface area (Å²) in [5, 5.41) is 8.40. The van der Waals surface area contributed by atoms with Crippen molar-refractivity contribution in [2.45, 2.75) is 57.6 Å². The molecule has 1 aromatic rings. The van der Waals surface area contributed by atoms with Crippen LogP contribution in [0.25, 0.3) is 0 Å². The van der Waals surface area contributed by atoms with Gasteiger partial charge < -0.3 is 9.30 Å². The maximum absolute atomic E-state index is 5.88. The first-order valence-corrected chi connectivity index (χ1v) is 6.86. The van der Waals surface area contributed by atoms with Gasteiger partial charge in [0.15, 0.2) is 0 Å². The van der Waals surface area contributed by atoms with Gasteiger partial charge in [-0.15, -0.1) is 21.8 Å². The summed E-state index contributed by atoms with van der Waals surface area (Å²) >= 11 is 5.88. The van der Waals surface area contributed by atoms with Crippen molar-refractivity contribution in [3.05, 3.63) is 11.6 Å². The lowest BCUT2D eigenvalue weighted by Gasteiger charge is -2.23. The number of alkyl halides is 1. The lowest BCUT2D eigenvalue weighted by atomic mass is 10.1. The molecule has 0 bridgehead atoms. The topological polar surface area (TPSA) is 39.9 Å². The van der Waals surface area contributed by atoms with Crippen LogP contribution in [0.3, 0.4) is 0 Å². The van der Waals surface area contributed by atoms with Crippen LogP contribution in [0, 0.1) is 0 Å². The van der Waals surface area contributed by atoms with Crippen LogP contribution in [0.4, 0.5) is 0 Å². The molecule has 96 valence electrons. The third-order valence-electron chi connectivity index (χ3n) is 3.16. The zero-order valence-corrected chi connectivity index (χ0v) is 11.3. The highest BCUT2D eigenvalue weighted by atomic mass is 35.5. The molecular weight excluding hydrogens is 238 g/mol. The van der Waals surface area contributed by atoms with E-state index in [1.54, 1.807) is 0 Å². The van der Waals surface area contributed by atoms with Crippen LogP contribution in [-0.2, 0) is 17.0 Å². The number of ether oxygens (including phenoxy) is 1. The third kappa shape index (κ3) is 2.99. The Balaban J connectivity index is 2.11. The van der Waals surface area contributed by atoms with Crippen LogP contribution in [0.1, 0.15) is 50.8 Å². The molecule has 1 saturated heterocycles. The van der Waals surface area contributed by atoms with Crippen molar-refractivity contribution in [1.82, 2.24) is 14.8 Å². The van der Waals surface area contributed by atoms with E-state index >= 15 is 0 Å². The molecule has 5 heteroatoms. The van der Waals surface area contributed by atoms with Gasteiger partial charge in [0.25, 0.3) is 0 Å². The van der Waals surface area contributed by atoms with Crippen LogP contribution in [0.5, 0.6) is 0 Å². The van der Waals surface area contributed by atoms with Gasteiger partial charge in [0, 0.05) is 19.1 Å². The molecule has 0 aromatic carbocycles. The van der Waals surface area contributed by atoms with E-state index < -0.39 is 0 Å². The molecule has 4 nitrogen and oxygen atoms in total. The van der Waals surface area contributed by atoms with E-state index in [0.29, 0.717) is 18.0 Å². The number of hydrogen-bond acceptors (Lipinski definition) is 3.